The molecular formula is C25H26N6. The van der Waals surface area contributed by atoms with Gasteiger partial charge in [0.15, 0.2) is 0 Å². The van der Waals surface area contributed by atoms with Crippen LogP contribution in [0.5, 0.6) is 0 Å². The van der Waals surface area contributed by atoms with Gasteiger partial charge < -0.3 is 10.3 Å². The number of hydrogen-bond acceptors (Lipinski definition) is 4. The van der Waals surface area contributed by atoms with Crippen molar-refractivity contribution in [3.63, 3.8) is 0 Å². The number of pyridine rings is 1. The lowest BCUT2D eigenvalue weighted by atomic mass is 9.95. The van der Waals surface area contributed by atoms with Crippen molar-refractivity contribution in [1.29, 1.82) is 0 Å². The van der Waals surface area contributed by atoms with Crippen molar-refractivity contribution in [3.05, 3.63) is 90.3 Å². The summed E-state index contributed by atoms with van der Waals surface area (Å²) in [5.74, 6) is 0. The summed E-state index contributed by atoms with van der Waals surface area (Å²) in [5, 5.41) is 8.72. The molecule has 0 saturated carbocycles. The molecule has 6 heteroatoms. The second-order valence-electron chi connectivity index (χ2n) is 7.17. The van der Waals surface area contributed by atoms with Gasteiger partial charge >= 0.3 is 0 Å². The van der Waals surface area contributed by atoms with E-state index in [1.54, 1.807) is 4.68 Å². The smallest absolute Gasteiger partial charge is 0.138 e. The lowest BCUT2D eigenvalue weighted by molar-refractivity contribution is 0.767. The number of fused-ring (bicyclic) bond motifs is 1. The fourth-order valence-electron chi connectivity index (χ4n) is 3.75. The Morgan fingerprint density at radius 3 is 2.94 bits per heavy atom. The Hall–Kier alpha value is -3.93. The van der Waals surface area contributed by atoms with Gasteiger partial charge in [-0.3, -0.25) is 9.67 Å². The fraction of sp³-hybridized carbons (Fsp3) is 0.160. The molecule has 0 amide bonds. The Bertz CT molecular complexity index is 1280. The van der Waals surface area contributed by atoms with E-state index in [2.05, 4.69) is 50.2 Å². The monoisotopic (exact) mass is 410 g/mol. The van der Waals surface area contributed by atoms with Gasteiger partial charge in [-0.1, -0.05) is 18.7 Å². The number of H-pyrrole nitrogens is 1. The third kappa shape index (κ3) is 3.92. The molecule has 0 unspecified atom stereocenters. The molecule has 0 bridgehead atoms. The highest BCUT2D eigenvalue weighted by molar-refractivity contribution is 6.16. The van der Waals surface area contributed by atoms with Gasteiger partial charge in [0, 0.05) is 72.4 Å². The molecule has 0 radical (unpaired) electrons. The van der Waals surface area contributed by atoms with Gasteiger partial charge in [0.05, 0.1) is 6.20 Å². The van der Waals surface area contributed by atoms with Crippen LogP contribution in [-0.2, 0) is 7.05 Å². The molecule has 6 nitrogen and oxygen atoms in total. The van der Waals surface area contributed by atoms with E-state index < -0.39 is 0 Å². The van der Waals surface area contributed by atoms with Gasteiger partial charge in [0.25, 0.3) is 0 Å². The SMILES string of the molecule is C=C/C(=C1/C=C(c2c[nH]c3nccc(/C(C=NCC)=C/C)c23)C=CN1)c1cnn(C)c1. The van der Waals surface area contributed by atoms with E-state index in [1.165, 1.54) is 0 Å². The second-order valence-corrected chi connectivity index (χ2v) is 7.17. The quantitative estimate of drug-likeness (QED) is 0.569. The van der Waals surface area contributed by atoms with E-state index in [0.29, 0.717) is 0 Å². The number of nitrogens with zero attached hydrogens (tertiary/aromatic N) is 4. The predicted octanol–water partition coefficient (Wildman–Crippen LogP) is 4.89. The summed E-state index contributed by atoms with van der Waals surface area (Å²) in [6.07, 6.45) is 19.7. The minimum Gasteiger partial charge on any atom is -0.361 e. The number of allylic oxidation sites excluding steroid dienone is 7. The lowest BCUT2D eigenvalue weighted by Crippen LogP contribution is -2.09. The maximum Gasteiger partial charge on any atom is 0.138 e. The topological polar surface area (TPSA) is 70.9 Å². The zero-order chi connectivity index (χ0) is 21.8. The minimum absolute atomic E-state index is 0.748. The minimum atomic E-state index is 0.748. The summed E-state index contributed by atoms with van der Waals surface area (Å²) in [4.78, 5) is 12.3. The molecule has 0 aliphatic carbocycles. The molecule has 156 valence electrons. The summed E-state index contributed by atoms with van der Waals surface area (Å²) < 4.78 is 1.79. The first-order valence-electron chi connectivity index (χ1n) is 10.3. The van der Waals surface area contributed by atoms with Crippen molar-refractivity contribution in [2.24, 2.45) is 12.0 Å². The van der Waals surface area contributed by atoms with E-state index >= 15 is 0 Å². The third-order valence-corrected chi connectivity index (χ3v) is 5.23. The number of rotatable bonds is 6. The van der Waals surface area contributed by atoms with Gasteiger partial charge in [0.2, 0.25) is 0 Å². The van der Waals surface area contributed by atoms with Crippen molar-refractivity contribution >= 4 is 34.0 Å². The van der Waals surface area contributed by atoms with Gasteiger partial charge in [0.1, 0.15) is 5.65 Å². The van der Waals surface area contributed by atoms with Crippen molar-refractivity contribution in [1.82, 2.24) is 25.1 Å². The number of aryl methyl sites for hydroxylation is 1. The van der Waals surface area contributed by atoms with E-state index in [4.69, 9.17) is 0 Å². The second kappa shape index (κ2) is 8.83. The molecule has 4 heterocycles. The van der Waals surface area contributed by atoms with Crippen LogP contribution in [0.15, 0.2) is 78.6 Å². The molecule has 31 heavy (non-hydrogen) atoms. The maximum absolute atomic E-state index is 4.54. The van der Waals surface area contributed by atoms with E-state index in [9.17, 15) is 0 Å². The molecule has 3 aromatic heterocycles. The van der Waals surface area contributed by atoms with E-state index in [-0.39, 0.29) is 0 Å². The molecule has 0 spiro atoms. The average Bonchev–Trinajstić information content (AvgIpc) is 3.42. The number of dihydropyridines is 1. The molecule has 2 N–H and O–H groups in total. The molecule has 4 rings (SSSR count). The molecule has 0 fully saturated rings. The average molecular weight is 411 g/mol. The van der Waals surface area contributed by atoms with Crippen LogP contribution in [0.1, 0.15) is 30.5 Å². The zero-order valence-corrected chi connectivity index (χ0v) is 18.1. The number of aromatic nitrogens is 4. The largest absolute Gasteiger partial charge is 0.361 e. The van der Waals surface area contributed by atoms with Crippen molar-refractivity contribution in [2.75, 3.05) is 6.54 Å². The summed E-state index contributed by atoms with van der Waals surface area (Å²) in [7, 11) is 1.91. The number of aromatic amines is 1. The Kier molecular flexibility index (Phi) is 5.80. The first-order valence-corrected chi connectivity index (χ1v) is 10.3. The summed E-state index contributed by atoms with van der Waals surface area (Å²) in [5.41, 5.74) is 8.19. The molecule has 0 saturated heterocycles. The van der Waals surface area contributed by atoms with Crippen molar-refractivity contribution in [2.45, 2.75) is 13.8 Å². The molecule has 1 aliphatic rings. The molecule has 1 aliphatic heterocycles. The number of nitrogens with one attached hydrogen (secondary N) is 2. The van der Waals surface area contributed by atoms with Gasteiger partial charge in [-0.2, -0.15) is 5.10 Å². The van der Waals surface area contributed by atoms with Crippen LogP contribution in [0.4, 0.5) is 0 Å². The molecule has 0 atom stereocenters. The van der Waals surface area contributed by atoms with Crippen LogP contribution in [0.2, 0.25) is 0 Å². The van der Waals surface area contributed by atoms with E-state index in [1.807, 2.05) is 70.2 Å². The van der Waals surface area contributed by atoms with Gasteiger partial charge in [-0.15, -0.1) is 0 Å². The Morgan fingerprint density at radius 1 is 1.35 bits per heavy atom. The number of aliphatic imine (C=N–C) groups is 1. The highest BCUT2D eigenvalue weighted by Gasteiger charge is 2.16. The first kappa shape index (κ1) is 20.3. The Balaban J connectivity index is 1.87. The fourth-order valence-corrected chi connectivity index (χ4v) is 3.75. The molecule has 0 aromatic carbocycles. The standard InChI is InChI=1S/C25H26N6/c1-5-17(13-26-7-3)21-9-11-28-25-24(21)22(15-29-25)18-8-10-27-23(12-18)20(6-2)19-14-30-31(4)16-19/h5-6,8-16,27H,2,7H2,1,3-4H3,(H,28,29)/b17-5+,23-20+,26-13?. The van der Waals surface area contributed by atoms with Crippen LogP contribution >= 0.6 is 0 Å². The number of hydrogen-bond donors (Lipinski definition) is 2. The van der Waals surface area contributed by atoms with Gasteiger partial charge in [-0.05, 0) is 48.8 Å². The maximum atomic E-state index is 4.54. The Labute approximate surface area is 182 Å². The summed E-state index contributed by atoms with van der Waals surface area (Å²) in [6, 6.07) is 2.05. The van der Waals surface area contributed by atoms with E-state index in [0.717, 1.165) is 56.7 Å². The molecular weight excluding hydrogens is 384 g/mol. The first-order chi connectivity index (χ1) is 15.2. The lowest BCUT2D eigenvalue weighted by Gasteiger charge is -2.15. The van der Waals surface area contributed by atoms with Crippen LogP contribution < -0.4 is 5.32 Å². The van der Waals surface area contributed by atoms with Crippen molar-refractivity contribution < 1.29 is 0 Å². The predicted molar refractivity (Wildman–Crippen MR) is 129 cm³/mol. The highest BCUT2D eigenvalue weighted by Crippen LogP contribution is 2.33. The zero-order valence-electron chi connectivity index (χ0n) is 18.1. The van der Waals surface area contributed by atoms with Crippen LogP contribution in [-0.4, -0.2) is 32.5 Å². The third-order valence-electron chi connectivity index (χ3n) is 5.23. The normalized spacial score (nSPS) is 16.0. The summed E-state index contributed by atoms with van der Waals surface area (Å²) in [6.45, 7) is 8.82. The summed E-state index contributed by atoms with van der Waals surface area (Å²) >= 11 is 0. The van der Waals surface area contributed by atoms with Crippen LogP contribution in [0.3, 0.4) is 0 Å². The Morgan fingerprint density at radius 2 is 2.23 bits per heavy atom. The van der Waals surface area contributed by atoms with Crippen LogP contribution in [0.25, 0.3) is 27.8 Å². The van der Waals surface area contributed by atoms with Crippen LogP contribution in [0, 0.1) is 0 Å². The highest BCUT2D eigenvalue weighted by atomic mass is 15.2. The molecule has 3 aromatic rings. The van der Waals surface area contributed by atoms with Gasteiger partial charge in [-0.25, -0.2) is 4.98 Å². The van der Waals surface area contributed by atoms with Crippen molar-refractivity contribution in [3.8, 4) is 0 Å².